The van der Waals surface area contributed by atoms with Gasteiger partial charge in [-0.1, -0.05) is 0 Å². The molecule has 0 spiro atoms. The van der Waals surface area contributed by atoms with Crippen LogP contribution < -0.4 is 4.74 Å². The van der Waals surface area contributed by atoms with Gasteiger partial charge in [0.05, 0.1) is 17.0 Å². The van der Waals surface area contributed by atoms with Crippen molar-refractivity contribution in [2.45, 2.75) is 31.9 Å². The Hall–Kier alpha value is -3.33. The summed E-state index contributed by atoms with van der Waals surface area (Å²) in [6.07, 6.45) is 12.0. The van der Waals surface area contributed by atoms with Crippen molar-refractivity contribution in [3.63, 3.8) is 0 Å². The topological polar surface area (TPSA) is 85.5 Å². The average Bonchev–Trinajstić information content (AvgIpc) is 3.45. The molecular formula is C21H20N6O2S. The molecule has 1 amide bonds. The largest absolute Gasteiger partial charge is 0.470 e. The number of carbonyl (C=O) groups excluding carboxylic acids is 1. The Bertz CT molecular complexity index is 1170. The van der Waals surface area contributed by atoms with Gasteiger partial charge in [0.1, 0.15) is 6.10 Å². The fourth-order valence-electron chi connectivity index (χ4n) is 3.75. The highest BCUT2D eigenvalue weighted by Gasteiger charge is 2.33. The quantitative estimate of drug-likeness (QED) is 0.503. The van der Waals surface area contributed by atoms with Crippen molar-refractivity contribution in [1.29, 1.82) is 0 Å². The second-order valence-electron chi connectivity index (χ2n) is 7.25. The van der Waals surface area contributed by atoms with E-state index in [0.717, 1.165) is 17.7 Å². The van der Waals surface area contributed by atoms with Gasteiger partial charge >= 0.3 is 0 Å². The SMILES string of the molecule is C[C@@H]1CC[C@@H](Oc2nccn3ccnc23)CN1C(=O)c1ccsc1-c1ncccn1. The molecule has 5 heterocycles. The molecule has 9 heteroatoms. The lowest BCUT2D eigenvalue weighted by molar-refractivity contribution is 0.0376. The highest BCUT2D eigenvalue weighted by Crippen LogP contribution is 2.30. The number of piperidine rings is 1. The molecule has 0 saturated carbocycles. The molecule has 152 valence electrons. The molecule has 0 aromatic carbocycles. The fraction of sp³-hybridized carbons (Fsp3) is 0.286. The predicted molar refractivity (Wildman–Crippen MR) is 112 cm³/mol. The van der Waals surface area contributed by atoms with Crippen LogP contribution in [-0.4, -0.2) is 53.8 Å². The molecule has 1 aliphatic rings. The third-order valence-electron chi connectivity index (χ3n) is 5.32. The minimum Gasteiger partial charge on any atom is -0.470 e. The highest BCUT2D eigenvalue weighted by molar-refractivity contribution is 7.14. The van der Waals surface area contributed by atoms with E-state index >= 15 is 0 Å². The summed E-state index contributed by atoms with van der Waals surface area (Å²) in [5, 5.41) is 1.91. The van der Waals surface area contributed by atoms with Gasteiger partial charge in [0, 0.05) is 43.2 Å². The molecule has 2 atom stereocenters. The molecule has 0 N–H and O–H groups in total. The number of likely N-dealkylation sites (tertiary alicyclic amines) is 1. The summed E-state index contributed by atoms with van der Waals surface area (Å²) in [6, 6.07) is 3.74. The number of nitrogens with zero attached hydrogens (tertiary/aromatic N) is 6. The molecule has 1 saturated heterocycles. The molecule has 30 heavy (non-hydrogen) atoms. The van der Waals surface area contributed by atoms with Crippen LogP contribution in [0, 0.1) is 0 Å². The number of imidazole rings is 1. The Kier molecular flexibility index (Phi) is 4.88. The molecular weight excluding hydrogens is 400 g/mol. The Labute approximate surface area is 177 Å². The van der Waals surface area contributed by atoms with Gasteiger partial charge in [-0.15, -0.1) is 11.3 Å². The summed E-state index contributed by atoms with van der Waals surface area (Å²) in [6.45, 7) is 2.57. The van der Waals surface area contributed by atoms with Crippen LogP contribution in [0.25, 0.3) is 16.3 Å². The zero-order chi connectivity index (χ0) is 20.5. The fourth-order valence-corrected chi connectivity index (χ4v) is 4.58. The first kappa shape index (κ1) is 18.7. The smallest absolute Gasteiger partial charge is 0.258 e. The Morgan fingerprint density at radius 2 is 1.90 bits per heavy atom. The van der Waals surface area contributed by atoms with Gasteiger partial charge in [-0.05, 0) is 37.3 Å². The minimum atomic E-state index is -0.143. The summed E-state index contributed by atoms with van der Waals surface area (Å²) in [4.78, 5) is 33.4. The third-order valence-corrected chi connectivity index (χ3v) is 6.23. The van der Waals surface area contributed by atoms with Gasteiger partial charge in [-0.2, -0.15) is 0 Å². The van der Waals surface area contributed by atoms with E-state index in [9.17, 15) is 4.79 Å². The molecule has 0 aliphatic carbocycles. The summed E-state index contributed by atoms with van der Waals surface area (Å²) in [5.74, 6) is 1.04. The number of aromatic nitrogens is 5. The van der Waals surface area contributed by atoms with Crippen LogP contribution in [-0.2, 0) is 0 Å². The summed E-state index contributed by atoms with van der Waals surface area (Å²) < 4.78 is 8.05. The molecule has 0 bridgehead atoms. The second-order valence-corrected chi connectivity index (χ2v) is 8.17. The van der Waals surface area contributed by atoms with Crippen LogP contribution >= 0.6 is 11.3 Å². The first-order valence-corrected chi connectivity index (χ1v) is 10.7. The predicted octanol–water partition coefficient (Wildman–Crippen LogP) is 3.32. The van der Waals surface area contributed by atoms with E-state index in [0.29, 0.717) is 29.5 Å². The van der Waals surface area contributed by atoms with Crippen molar-refractivity contribution in [3.8, 4) is 16.6 Å². The lowest BCUT2D eigenvalue weighted by atomic mass is 10.00. The standard InChI is InChI=1S/C21H20N6O2S/c1-14-3-4-15(29-20-19-24-8-10-26(19)11-9-25-20)13-27(14)21(28)16-5-12-30-17(16)18-22-6-2-7-23-18/h2,5-12,14-15H,3-4,13H2,1H3/t14-,15-/m1/s1. The zero-order valence-corrected chi connectivity index (χ0v) is 17.2. The van der Waals surface area contributed by atoms with Gasteiger partial charge < -0.3 is 14.0 Å². The maximum Gasteiger partial charge on any atom is 0.258 e. The van der Waals surface area contributed by atoms with Gasteiger partial charge in [0.15, 0.2) is 11.5 Å². The first-order chi connectivity index (χ1) is 14.7. The second kappa shape index (κ2) is 7.83. The number of thiophene rings is 1. The normalized spacial score (nSPS) is 19.2. The van der Waals surface area contributed by atoms with Crippen LogP contribution in [0.2, 0.25) is 0 Å². The Morgan fingerprint density at radius 1 is 1.10 bits per heavy atom. The van der Waals surface area contributed by atoms with Crippen molar-refractivity contribution < 1.29 is 9.53 Å². The van der Waals surface area contributed by atoms with Crippen molar-refractivity contribution >= 4 is 22.9 Å². The molecule has 1 aliphatic heterocycles. The number of hydrogen-bond donors (Lipinski definition) is 0. The summed E-state index contributed by atoms with van der Waals surface area (Å²) >= 11 is 1.48. The van der Waals surface area contributed by atoms with Crippen LogP contribution in [0.4, 0.5) is 0 Å². The van der Waals surface area contributed by atoms with Crippen LogP contribution in [0.3, 0.4) is 0 Å². The minimum absolute atomic E-state index is 0.0218. The average molecular weight is 420 g/mol. The van der Waals surface area contributed by atoms with Gasteiger partial charge in [0.25, 0.3) is 11.8 Å². The van der Waals surface area contributed by atoms with Crippen molar-refractivity contribution in [1.82, 2.24) is 29.2 Å². The van der Waals surface area contributed by atoms with E-state index < -0.39 is 0 Å². The number of ether oxygens (including phenoxy) is 1. The van der Waals surface area contributed by atoms with Crippen LogP contribution in [0.5, 0.6) is 5.88 Å². The van der Waals surface area contributed by atoms with Crippen LogP contribution in [0.15, 0.2) is 54.7 Å². The van der Waals surface area contributed by atoms with E-state index in [1.807, 2.05) is 33.1 Å². The lowest BCUT2D eigenvalue weighted by Crippen LogP contribution is -2.49. The summed E-state index contributed by atoms with van der Waals surface area (Å²) in [5.41, 5.74) is 1.31. The number of fused-ring (bicyclic) bond motifs is 1. The highest BCUT2D eigenvalue weighted by atomic mass is 32.1. The number of hydrogen-bond acceptors (Lipinski definition) is 7. The van der Waals surface area contributed by atoms with E-state index in [-0.39, 0.29) is 18.1 Å². The Balaban J connectivity index is 1.38. The molecule has 4 aromatic heterocycles. The maximum atomic E-state index is 13.4. The Morgan fingerprint density at radius 3 is 2.73 bits per heavy atom. The number of rotatable bonds is 4. The molecule has 0 unspecified atom stereocenters. The molecule has 0 radical (unpaired) electrons. The van der Waals surface area contributed by atoms with E-state index in [1.165, 1.54) is 11.3 Å². The van der Waals surface area contributed by atoms with Crippen molar-refractivity contribution in [3.05, 3.63) is 60.3 Å². The number of amides is 1. The van der Waals surface area contributed by atoms with Crippen molar-refractivity contribution in [2.75, 3.05) is 6.54 Å². The lowest BCUT2D eigenvalue weighted by Gasteiger charge is -2.37. The molecule has 8 nitrogen and oxygen atoms in total. The monoisotopic (exact) mass is 420 g/mol. The van der Waals surface area contributed by atoms with Crippen molar-refractivity contribution in [2.24, 2.45) is 0 Å². The summed E-state index contributed by atoms with van der Waals surface area (Å²) in [7, 11) is 0. The van der Waals surface area contributed by atoms with Gasteiger partial charge in [-0.3, -0.25) is 4.79 Å². The number of carbonyl (C=O) groups is 1. The van der Waals surface area contributed by atoms with E-state index in [4.69, 9.17) is 4.74 Å². The molecule has 5 rings (SSSR count). The zero-order valence-electron chi connectivity index (χ0n) is 16.4. The third kappa shape index (κ3) is 3.41. The first-order valence-electron chi connectivity index (χ1n) is 9.81. The van der Waals surface area contributed by atoms with Gasteiger partial charge in [-0.25, -0.2) is 19.9 Å². The molecule has 4 aromatic rings. The van der Waals surface area contributed by atoms with Crippen LogP contribution in [0.1, 0.15) is 30.1 Å². The van der Waals surface area contributed by atoms with Gasteiger partial charge in [0.2, 0.25) is 0 Å². The van der Waals surface area contributed by atoms with E-state index in [2.05, 4.69) is 26.9 Å². The maximum absolute atomic E-state index is 13.4. The molecule has 1 fully saturated rings. The van der Waals surface area contributed by atoms with E-state index in [1.54, 1.807) is 30.9 Å².